The van der Waals surface area contributed by atoms with Gasteiger partial charge in [0.15, 0.2) is 0 Å². The summed E-state index contributed by atoms with van der Waals surface area (Å²) in [4.78, 5) is 29.4. The minimum atomic E-state index is -0.380. The predicted octanol–water partition coefficient (Wildman–Crippen LogP) is 2.15. The van der Waals surface area contributed by atoms with E-state index < -0.39 is 0 Å². The third-order valence-corrected chi connectivity index (χ3v) is 3.54. The molecule has 1 unspecified atom stereocenters. The van der Waals surface area contributed by atoms with Crippen molar-refractivity contribution in [3.05, 3.63) is 54.6 Å². The van der Waals surface area contributed by atoms with Crippen LogP contribution in [0.3, 0.4) is 0 Å². The van der Waals surface area contributed by atoms with Crippen LogP contribution in [0.5, 0.6) is 0 Å². The molecule has 1 aromatic carbocycles. The second-order valence-electron chi connectivity index (χ2n) is 5.22. The first-order valence-electron chi connectivity index (χ1n) is 7.15. The van der Waals surface area contributed by atoms with Gasteiger partial charge in [-0.05, 0) is 36.4 Å². The molecule has 118 valence electrons. The van der Waals surface area contributed by atoms with E-state index in [1.807, 2.05) is 0 Å². The molecule has 1 aliphatic heterocycles. The number of anilines is 2. The number of benzene rings is 1. The van der Waals surface area contributed by atoms with E-state index in [0.29, 0.717) is 17.9 Å². The van der Waals surface area contributed by atoms with Crippen molar-refractivity contribution in [3.63, 3.8) is 0 Å². The maximum atomic E-state index is 13.0. The molecule has 23 heavy (non-hydrogen) atoms. The fraction of sp³-hybridized carbons (Fsp3) is 0.188. The zero-order valence-electron chi connectivity index (χ0n) is 12.2. The third kappa shape index (κ3) is 3.63. The van der Waals surface area contributed by atoms with Crippen LogP contribution in [-0.2, 0) is 4.79 Å². The lowest BCUT2D eigenvalue weighted by Gasteiger charge is -2.17. The molecule has 0 spiro atoms. The Balaban J connectivity index is 1.59. The molecular weight excluding hydrogens is 299 g/mol. The number of hydrogen-bond acceptors (Lipinski definition) is 3. The molecule has 0 bridgehead atoms. The van der Waals surface area contributed by atoms with Crippen molar-refractivity contribution in [3.8, 4) is 0 Å². The Kier molecular flexibility index (Phi) is 4.18. The largest absolute Gasteiger partial charge is 0.333 e. The smallest absolute Gasteiger partial charge is 0.319 e. The highest BCUT2D eigenvalue weighted by Crippen LogP contribution is 2.21. The molecule has 3 amide bonds. The molecule has 1 aliphatic rings. The minimum absolute atomic E-state index is 0.106. The summed E-state index contributed by atoms with van der Waals surface area (Å²) in [5.41, 5.74) is 1.24. The lowest BCUT2D eigenvalue weighted by atomic mass is 10.2. The quantitative estimate of drug-likeness (QED) is 0.911. The van der Waals surface area contributed by atoms with E-state index in [1.54, 1.807) is 36.7 Å². The number of carbonyl (C=O) groups excluding carboxylic acids is 2. The SMILES string of the molecule is O=C(Nc1ccncc1)NC1CC(=O)N(c2ccc(F)cc2)C1. The van der Waals surface area contributed by atoms with Crippen molar-refractivity contribution in [2.45, 2.75) is 12.5 Å². The Morgan fingerprint density at radius 3 is 2.57 bits per heavy atom. The van der Waals surface area contributed by atoms with E-state index in [4.69, 9.17) is 0 Å². The molecule has 1 atom stereocenters. The lowest BCUT2D eigenvalue weighted by Crippen LogP contribution is -2.39. The van der Waals surface area contributed by atoms with Crippen LogP contribution in [0.1, 0.15) is 6.42 Å². The first-order valence-corrected chi connectivity index (χ1v) is 7.15. The molecular formula is C16H15FN4O2. The standard InChI is InChI=1S/C16H15FN4O2/c17-11-1-3-14(4-2-11)21-10-13(9-15(21)22)20-16(23)19-12-5-7-18-8-6-12/h1-8,13H,9-10H2,(H2,18,19,20,23). The number of halogens is 1. The van der Waals surface area contributed by atoms with Crippen LogP contribution in [0.25, 0.3) is 0 Å². The molecule has 1 aromatic heterocycles. The van der Waals surface area contributed by atoms with E-state index >= 15 is 0 Å². The minimum Gasteiger partial charge on any atom is -0.333 e. The van der Waals surface area contributed by atoms with Crippen LogP contribution < -0.4 is 15.5 Å². The summed E-state index contributed by atoms with van der Waals surface area (Å²) in [7, 11) is 0. The molecule has 3 rings (SSSR count). The summed E-state index contributed by atoms with van der Waals surface area (Å²) in [5, 5.41) is 5.44. The van der Waals surface area contributed by atoms with Crippen molar-refractivity contribution < 1.29 is 14.0 Å². The van der Waals surface area contributed by atoms with Gasteiger partial charge in [-0.1, -0.05) is 0 Å². The molecule has 2 N–H and O–H groups in total. The molecule has 1 saturated heterocycles. The first-order chi connectivity index (χ1) is 11.1. The van der Waals surface area contributed by atoms with Crippen LogP contribution in [-0.4, -0.2) is 29.5 Å². The fourth-order valence-electron chi connectivity index (χ4n) is 2.46. The maximum absolute atomic E-state index is 13.0. The number of hydrogen-bond donors (Lipinski definition) is 2. The molecule has 7 heteroatoms. The second-order valence-corrected chi connectivity index (χ2v) is 5.22. The van der Waals surface area contributed by atoms with Crippen molar-refractivity contribution in [2.24, 2.45) is 0 Å². The summed E-state index contributed by atoms with van der Waals surface area (Å²) < 4.78 is 13.0. The first kappa shape index (κ1) is 15.0. The summed E-state index contributed by atoms with van der Waals surface area (Å²) >= 11 is 0. The number of nitrogens with zero attached hydrogens (tertiary/aromatic N) is 2. The van der Waals surface area contributed by atoms with E-state index in [2.05, 4.69) is 15.6 Å². The average molecular weight is 314 g/mol. The Morgan fingerprint density at radius 2 is 1.87 bits per heavy atom. The number of nitrogens with one attached hydrogen (secondary N) is 2. The van der Waals surface area contributed by atoms with Crippen LogP contribution in [0, 0.1) is 5.82 Å². The van der Waals surface area contributed by atoms with Gasteiger partial charge in [-0.2, -0.15) is 0 Å². The van der Waals surface area contributed by atoms with Gasteiger partial charge in [-0.15, -0.1) is 0 Å². The highest BCUT2D eigenvalue weighted by Gasteiger charge is 2.31. The summed E-state index contributed by atoms with van der Waals surface area (Å²) in [6.07, 6.45) is 3.36. The Hall–Kier alpha value is -2.96. The van der Waals surface area contributed by atoms with Crippen LogP contribution in [0.2, 0.25) is 0 Å². The van der Waals surface area contributed by atoms with E-state index in [9.17, 15) is 14.0 Å². The van der Waals surface area contributed by atoms with Gasteiger partial charge in [0.1, 0.15) is 5.82 Å². The highest BCUT2D eigenvalue weighted by atomic mass is 19.1. The Morgan fingerprint density at radius 1 is 1.17 bits per heavy atom. The number of urea groups is 1. The number of carbonyl (C=O) groups is 2. The number of aromatic nitrogens is 1. The second kappa shape index (κ2) is 6.43. The summed E-state index contributed by atoms with van der Waals surface area (Å²) in [6.45, 7) is 0.355. The van der Waals surface area contributed by atoms with E-state index in [0.717, 1.165) is 0 Å². The monoisotopic (exact) mass is 314 g/mol. The number of pyridine rings is 1. The molecule has 0 saturated carbocycles. The predicted molar refractivity (Wildman–Crippen MR) is 83.5 cm³/mol. The van der Waals surface area contributed by atoms with Gasteiger partial charge in [0.2, 0.25) is 5.91 Å². The fourth-order valence-corrected chi connectivity index (χ4v) is 2.46. The van der Waals surface area contributed by atoms with Gasteiger partial charge in [-0.25, -0.2) is 9.18 Å². The molecule has 2 aromatic rings. The highest BCUT2D eigenvalue weighted by molar-refractivity contribution is 5.97. The molecule has 0 radical (unpaired) electrons. The van der Waals surface area contributed by atoms with E-state index in [1.165, 1.54) is 17.0 Å². The summed E-state index contributed by atoms with van der Waals surface area (Å²) in [6, 6.07) is 8.37. The van der Waals surface area contributed by atoms with Gasteiger partial charge in [0.05, 0.1) is 6.04 Å². The Bertz CT molecular complexity index is 706. The Labute approximate surface area is 132 Å². The molecule has 6 nitrogen and oxygen atoms in total. The third-order valence-electron chi connectivity index (χ3n) is 3.54. The zero-order valence-corrected chi connectivity index (χ0v) is 12.2. The van der Waals surface area contributed by atoms with Crippen LogP contribution in [0.15, 0.2) is 48.8 Å². The van der Waals surface area contributed by atoms with Crippen molar-refractivity contribution in [1.82, 2.24) is 10.3 Å². The topological polar surface area (TPSA) is 74.3 Å². The average Bonchev–Trinajstić information content (AvgIpc) is 2.89. The molecule has 0 aliphatic carbocycles. The van der Waals surface area contributed by atoms with Gasteiger partial charge in [0, 0.05) is 36.7 Å². The van der Waals surface area contributed by atoms with Crippen molar-refractivity contribution in [2.75, 3.05) is 16.8 Å². The maximum Gasteiger partial charge on any atom is 0.319 e. The molecule has 1 fully saturated rings. The zero-order chi connectivity index (χ0) is 16.2. The van der Waals surface area contributed by atoms with Crippen LogP contribution >= 0.6 is 0 Å². The molecule has 2 heterocycles. The van der Waals surface area contributed by atoms with E-state index in [-0.39, 0.29) is 30.2 Å². The number of rotatable bonds is 3. The van der Waals surface area contributed by atoms with Crippen molar-refractivity contribution >= 4 is 23.3 Å². The van der Waals surface area contributed by atoms with Gasteiger partial charge in [0.25, 0.3) is 0 Å². The van der Waals surface area contributed by atoms with Crippen molar-refractivity contribution in [1.29, 1.82) is 0 Å². The van der Waals surface area contributed by atoms with Gasteiger partial charge < -0.3 is 15.5 Å². The van der Waals surface area contributed by atoms with Gasteiger partial charge >= 0.3 is 6.03 Å². The summed E-state index contributed by atoms with van der Waals surface area (Å²) in [5.74, 6) is -0.461. The normalized spacial score (nSPS) is 17.2. The van der Waals surface area contributed by atoms with Gasteiger partial charge in [-0.3, -0.25) is 9.78 Å². The lowest BCUT2D eigenvalue weighted by molar-refractivity contribution is -0.117. The van der Waals surface area contributed by atoms with Crippen LogP contribution in [0.4, 0.5) is 20.6 Å². The number of amides is 3.